The summed E-state index contributed by atoms with van der Waals surface area (Å²) in [4.78, 5) is 29.0. The maximum atomic E-state index is 14.1. The lowest BCUT2D eigenvalue weighted by atomic mass is 10.2. The van der Waals surface area contributed by atoms with Crippen LogP contribution in [0.1, 0.15) is 25.0 Å². The summed E-state index contributed by atoms with van der Waals surface area (Å²) in [5.41, 5.74) is -1.11. The molecule has 0 saturated carbocycles. The van der Waals surface area contributed by atoms with Crippen LogP contribution in [-0.4, -0.2) is 33.0 Å². The summed E-state index contributed by atoms with van der Waals surface area (Å²) < 4.78 is 31.6. The summed E-state index contributed by atoms with van der Waals surface area (Å²) in [5, 5.41) is 3.86. The lowest BCUT2D eigenvalue weighted by molar-refractivity contribution is 0.0503. The minimum absolute atomic E-state index is 0.00140. The van der Waals surface area contributed by atoms with E-state index in [2.05, 4.69) is 10.1 Å². The van der Waals surface area contributed by atoms with Gasteiger partial charge in [-0.2, -0.15) is 9.37 Å². The monoisotopic (exact) mass is 388 g/mol. The molecular formula is C18H17FN4O5. The fraction of sp³-hybridized carbons (Fsp3) is 0.333. The zero-order valence-corrected chi connectivity index (χ0v) is 15.0. The number of hydrogen-bond donors (Lipinski definition) is 0. The van der Waals surface area contributed by atoms with Crippen molar-refractivity contribution in [3.8, 4) is 17.1 Å². The first-order valence-corrected chi connectivity index (χ1v) is 8.67. The number of aromatic nitrogens is 4. The highest BCUT2D eigenvalue weighted by Crippen LogP contribution is 2.22. The third-order valence-corrected chi connectivity index (χ3v) is 4.46. The van der Waals surface area contributed by atoms with Gasteiger partial charge in [0.2, 0.25) is 17.5 Å². The van der Waals surface area contributed by atoms with E-state index >= 15 is 0 Å². The molecule has 10 heteroatoms. The summed E-state index contributed by atoms with van der Waals surface area (Å²) >= 11 is 0. The van der Waals surface area contributed by atoms with Crippen LogP contribution < -0.4 is 16.0 Å². The Hall–Kier alpha value is -3.27. The second-order valence-corrected chi connectivity index (χ2v) is 6.27. The van der Waals surface area contributed by atoms with Gasteiger partial charge in [-0.05, 0) is 25.0 Å². The number of halogens is 1. The maximum absolute atomic E-state index is 14.1. The number of ether oxygens (including phenoxy) is 2. The number of methoxy groups -OCH3 is 1. The normalized spacial score (nSPS) is 16.4. The summed E-state index contributed by atoms with van der Waals surface area (Å²) in [5.74, 6) is -0.174. The van der Waals surface area contributed by atoms with E-state index in [1.807, 2.05) is 0 Å². The zero-order valence-electron chi connectivity index (χ0n) is 15.0. The van der Waals surface area contributed by atoms with Crippen molar-refractivity contribution in [2.75, 3.05) is 13.7 Å². The van der Waals surface area contributed by atoms with E-state index in [1.165, 1.54) is 7.11 Å². The fourth-order valence-electron chi connectivity index (χ4n) is 3.05. The molecule has 1 aliphatic rings. The van der Waals surface area contributed by atoms with E-state index in [1.54, 1.807) is 24.3 Å². The molecule has 0 spiro atoms. The standard InChI is InChI=1S/C18H17FN4O5/c1-26-12-5-2-4-11(8-12)16-20-14(28-21-16)10-23-17(24)13(19)9-22(18(23)25)15-6-3-7-27-15/h2,4-5,8-9,15H,3,6-7,10H2,1H3. The summed E-state index contributed by atoms with van der Waals surface area (Å²) in [6.07, 6.45) is 1.61. The van der Waals surface area contributed by atoms with Gasteiger partial charge in [-0.1, -0.05) is 17.3 Å². The Morgan fingerprint density at radius 2 is 2.21 bits per heavy atom. The van der Waals surface area contributed by atoms with Gasteiger partial charge in [0, 0.05) is 12.2 Å². The van der Waals surface area contributed by atoms with Crippen LogP contribution in [0.5, 0.6) is 5.75 Å². The highest BCUT2D eigenvalue weighted by Gasteiger charge is 2.23. The summed E-state index contributed by atoms with van der Waals surface area (Å²) in [6, 6.07) is 7.01. The van der Waals surface area contributed by atoms with Crippen molar-refractivity contribution >= 4 is 0 Å². The van der Waals surface area contributed by atoms with Crippen molar-refractivity contribution < 1.29 is 18.4 Å². The Labute approximate surface area is 157 Å². The van der Waals surface area contributed by atoms with E-state index in [-0.39, 0.29) is 18.3 Å². The molecule has 9 nitrogen and oxygen atoms in total. The van der Waals surface area contributed by atoms with Crippen molar-refractivity contribution in [3.05, 3.63) is 63.0 Å². The number of hydrogen-bond acceptors (Lipinski definition) is 7. The van der Waals surface area contributed by atoms with Crippen LogP contribution in [0.4, 0.5) is 4.39 Å². The molecule has 28 heavy (non-hydrogen) atoms. The third kappa shape index (κ3) is 3.33. The van der Waals surface area contributed by atoms with Gasteiger partial charge in [0.1, 0.15) is 18.5 Å². The predicted molar refractivity (Wildman–Crippen MR) is 94.5 cm³/mol. The lowest BCUT2D eigenvalue weighted by Gasteiger charge is -2.14. The van der Waals surface area contributed by atoms with Gasteiger partial charge in [0.15, 0.2) is 0 Å². The Morgan fingerprint density at radius 1 is 1.36 bits per heavy atom. The molecule has 3 aromatic rings. The maximum Gasteiger partial charge on any atom is 0.333 e. The molecule has 2 aromatic heterocycles. The smallest absolute Gasteiger partial charge is 0.333 e. The van der Waals surface area contributed by atoms with Crippen LogP contribution in [0.2, 0.25) is 0 Å². The van der Waals surface area contributed by atoms with Gasteiger partial charge in [0.25, 0.3) is 5.56 Å². The molecule has 1 saturated heterocycles. The van der Waals surface area contributed by atoms with Crippen LogP contribution in [0.25, 0.3) is 11.4 Å². The number of rotatable bonds is 5. The highest BCUT2D eigenvalue weighted by molar-refractivity contribution is 5.56. The van der Waals surface area contributed by atoms with E-state index < -0.39 is 23.3 Å². The van der Waals surface area contributed by atoms with Gasteiger partial charge >= 0.3 is 5.69 Å². The largest absolute Gasteiger partial charge is 0.497 e. The average Bonchev–Trinajstić information content (AvgIpc) is 3.40. The van der Waals surface area contributed by atoms with Gasteiger partial charge in [-0.3, -0.25) is 9.36 Å². The Kier molecular flexibility index (Phi) is 4.78. The third-order valence-electron chi connectivity index (χ3n) is 4.46. The molecule has 146 valence electrons. The molecule has 1 atom stereocenters. The minimum Gasteiger partial charge on any atom is -0.497 e. The molecule has 1 unspecified atom stereocenters. The van der Waals surface area contributed by atoms with E-state index in [9.17, 15) is 14.0 Å². The Balaban J connectivity index is 1.67. The van der Waals surface area contributed by atoms with Gasteiger partial charge in [0.05, 0.1) is 13.3 Å². The molecule has 1 aromatic carbocycles. The molecule has 0 N–H and O–H groups in total. The van der Waals surface area contributed by atoms with Gasteiger partial charge in [-0.15, -0.1) is 0 Å². The van der Waals surface area contributed by atoms with Crippen LogP contribution >= 0.6 is 0 Å². The molecule has 4 rings (SSSR count). The Bertz CT molecular complexity index is 1110. The molecule has 1 fully saturated rings. The van der Waals surface area contributed by atoms with E-state index in [4.69, 9.17) is 14.0 Å². The van der Waals surface area contributed by atoms with Crippen molar-refractivity contribution in [2.24, 2.45) is 0 Å². The molecule has 0 aliphatic carbocycles. The SMILES string of the molecule is COc1cccc(-c2noc(Cn3c(=O)c(F)cn(C4CCCO4)c3=O)n2)c1. The average molecular weight is 388 g/mol. The molecule has 0 radical (unpaired) electrons. The number of nitrogens with zero attached hydrogens (tertiary/aromatic N) is 4. The lowest BCUT2D eigenvalue weighted by Crippen LogP contribution is -2.42. The van der Waals surface area contributed by atoms with Crippen LogP contribution in [0.15, 0.2) is 44.6 Å². The van der Waals surface area contributed by atoms with Gasteiger partial charge in [-0.25, -0.2) is 9.36 Å². The van der Waals surface area contributed by atoms with Crippen molar-refractivity contribution in [2.45, 2.75) is 25.6 Å². The van der Waals surface area contributed by atoms with Crippen LogP contribution in [-0.2, 0) is 11.3 Å². The van der Waals surface area contributed by atoms with Crippen molar-refractivity contribution in [1.29, 1.82) is 0 Å². The molecule has 0 bridgehead atoms. The van der Waals surface area contributed by atoms with Crippen LogP contribution in [0.3, 0.4) is 0 Å². The first-order chi connectivity index (χ1) is 13.6. The minimum atomic E-state index is -1.06. The van der Waals surface area contributed by atoms with Gasteiger partial charge < -0.3 is 14.0 Å². The van der Waals surface area contributed by atoms with E-state index in [0.717, 1.165) is 21.8 Å². The van der Waals surface area contributed by atoms with Crippen molar-refractivity contribution in [3.63, 3.8) is 0 Å². The first kappa shape index (κ1) is 18.1. The van der Waals surface area contributed by atoms with E-state index in [0.29, 0.717) is 24.3 Å². The first-order valence-electron chi connectivity index (χ1n) is 8.67. The fourth-order valence-corrected chi connectivity index (χ4v) is 3.05. The second-order valence-electron chi connectivity index (χ2n) is 6.27. The predicted octanol–water partition coefficient (Wildman–Crippen LogP) is 1.56. The Morgan fingerprint density at radius 3 is 2.96 bits per heavy atom. The zero-order chi connectivity index (χ0) is 19.7. The summed E-state index contributed by atoms with van der Waals surface area (Å²) in [7, 11) is 1.54. The second kappa shape index (κ2) is 7.39. The summed E-state index contributed by atoms with van der Waals surface area (Å²) in [6.45, 7) is 0.129. The molecule has 1 aliphatic heterocycles. The molecule has 3 heterocycles. The highest BCUT2D eigenvalue weighted by atomic mass is 19.1. The molecular weight excluding hydrogens is 371 g/mol. The van der Waals surface area contributed by atoms with Crippen molar-refractivity contribution in [1.82, 2.24) is 19.3 Å². The quantitative estimate of drug-likeness (QED) is 0.654. The van der Waals surface area contributed by atoms with Crippen LogP contribution in [0, 0.1) is 5.82 Å². The number of benzene rings is 1. The molecule has 0 amide bonds. The topological polar surface area (TPSA) is 101 Å².